The van der Waals surface area contributed by atoms with Crippen LogP contribution in [0.5, 0.6) is 11.5 Å². The fraction of sp³-hybridized carbons (Fsp3) is 0.394. The van der Waals surface area contributed by atoms with Crippen LogP contribution in [0.25, 0.3) is 0 Å². The summed E-state index contributed by atoms with van der Waals surface area (Å²) in [5.41, 5.74) is 0.744. The number of para-hydroxylation sites is 2. The molecule has 4 rings (SSSR count). The van der Waals surface area contributed by atoms with E-state index in [-0.39, 0.29) is 34.8 Å². The minimum Gasteiger partial charge on any atom is -0.497 e. The van der Waals surface area contributed by atoms with Crippen molar-refractivity contribution in [1.29, 1.82) is 0 Å². The summed E-state index contributed by atoms with van der Waals surface area (Å²) in [7, 11) is -1.38. The number of nitrogens with one attached hydrogen (secondary N) is 1. The molecule has 1 aliphatic rings. The number of anilines is 1. The molecule has 12 heteroatoms. The molecule has 242 valence electrons. The van der Waals surface area contributed by atoms with Crippen LogP contribution >= 0.6 is 23.2 Å². The molecule has 0 radical (unpaired) electrons. The number of sulfonamides is 1. The maximum absolute atomic E-state index is 14.4. The number of amides is 2. The van der Waals surface area contributed by atoms with Crippen LogP contribution in [0.15, 0.2) is 71.6 Å². The molecule has 3 aromatic rings. The smallest absolute Gasteiger partial charge is 0.264 e. The molecule has 1 unspecified atom stereocenters. The molecular formula is C33H39Cl2N3O6S. The SMILES string of the molecule is CCC(C(=O)NC1CCCCC1)N(Cc1ccc(Cl)cc1Cl)C(=O)CN(c1ccccc1OC)S(=O)(=O)c1ccc(OC)cc1. The number of nitrogens with zero attached hydrogens (tertiary/aromatic N) is 2. The first-order chi connectivity index (χ1) is 21.6. The second-order valence-corrected chi connectivity index (χ2v) is 13.6. The average molecular weight is 677 g/mol. The summed E-state index contributed by atoms with van der Waals surface area (Å²) < 4.78 is 40.1. The summed E-state index contributed by atoms with van der Waals surface area (Å²) >= 11 is 12.7. The number of rotatable bonds is 13. The maximum atomic E-state index is 14.4. The number of hydrogen-bond donors (Lipinski definition) is 1. The van der Waals surface area contributed by atoms with Gasteiger partial charge in [0.05, 0.1) is 24.8 Å². The lowest BCUT2D eigenvalue weighted by Gasteiger charge is -2.35. The van der Waals surface area contributed by atoms with Crippen molar-refractivity contribution in [2.24, 2.45) is 0 Å². The topological polar surface area (TPSA) is 105 Å². The van der Waals surface area contributed by atoms with Crippen molar-refractivity contribution in [2.75, 3.05) is 25.1 Å². The van der Waals surface area contributed by atoms with Crippen molar-refractivity contribution in [3.8, 4) is 11.5 Å². The molecule has 1 N–H and O–H groups in total. The lowest BCUT2D eigenvalue weighted by Crippen LogP contribution is -2.54. The van der Waals surface area contributed by atoms with Crippen molar-refractivity contribution in [1.82, 2.24) is 10.2 Å². The second-order valence-electron chi connectivity index (χ2n) is 10.9. The number of benzene rings is 3. The van der Waals surface area contributed by atoms with Crippen molar-refractivity contribution in [3.05, 3.63) is 82.3 Å². The standard InChI is InChI=1S/C33H39Cl2N3O6S/c1-4-29(33(40)36-25-10-6-5-7-11-25)37(21-23-14-15-24(34)20-28(23)35)32(39)22-38(30-12-8-9-13-31(30)44-3)45(41,42)27-18-16-26(43-2)17-19-27/h8-9,12-20,25,29H,4-7,10-11,21-22H2,1-3H3,(H,36,40). The van der Waals surface area contributed by atoms with Gasteiger partial charge in [0.2, 0.25) is 11.8 Å². The molecule has 3 aromatic carbocycles. The Morgan fingerprint density at radius 2 is 1.64 bits per heavy atom. The summed E-state index contributed by atoms with van der Waals surface area (Å²) in [5.74, 6) is -0.134. The molecule has 1 atom stereocenters. The Morgan fingerprint density at radius 1 is 0.956 bits per heavy atom. The zero-order valence-corrected chi connectivity index (χ0v) is 28.0. The lowest BCUT2D eigenvalue weighted by atomic mass is 9.95. The van der Waals surface area contributed by atoms with Crippen LogP contribution in [0.4, 0.5) is 5.69 Å². The quantitative estimate of drug-likeness (QED) is 0.223. The van der Waals surface area contributed by atoms with Crippen LogP contribution in [-0.4, -0.2) is 58.0 Å². The molecule has 9 nitrogen and oxygen atoms in total. The van der Waals surface area contributed by atoms with E-state index in [1.807, 2.05) is 6.92 Å². The van der Waals surface area contributed by atoms with Gasteiger partial charge in [-0.15, -0.1) is 0 Å². The molecule has 1 saturated carbocycles. The average Bonchev–Trinajstić information content (AvgIpc) is 3.04. The van der Waals surface area contributed by atoms with E-state index < -0.39 is 28.5 Å². The molecule has 0 saturated heterocycles. The number of halogens is 2. The van der Waals surface area contributed by atoms with Crippen LogP contribution in [-0.2, 0) is 26.2 Å². The Bertz CT molecular complexity index is 1580. The van der Waals surface area contributed by atoms with E-state index in [0.29, 0.717) is 27.8 Å². The van der Waals surface area contributed by atoms with E-state index in [9.17, 15) is 18.0 Å². The van der Waals surface area contributed by atoms with Gasteiger partial charge in [-0.3, -0.25) is 13.9 Å². The third kappa shape index (κ3) is 8.42. The number of ether oxygens (including phenoxy) is 2. The summed E-state index contributed by atoms with van der Waals surface area (Å²) in [5, 5.41) is 3.89. The molecule has 0 aromatic heterocycles. The van der Waals surface area contributed by atoms with Gasteiger partial charge >= 0.3 is 0 Å². The van der Waals surface area contributed by atoms with Gasteiger partial charge in [0.25, 0.3) is 10.0 Å². The van der Waals surface area contributed by atoms with Gasteiger partial charge in [0, 0.05) is 22.6 Å². The van der Waals surface area contributed by atoms with Crippen molar-refractivity contribution in [2.45, 2.75) is 69.0 Å². The fourth-order valence-corrected chi connectivity index (χ4v) is 7.41. The largest absolute Gasteiger partial charge is 0.497 e. The molecule has 1 fully saturated rings. The number of carbonyl (C=O) groups is 2. The first-order valence-electron chi connectivity index (χ1n) is 14.9. The highest BCUT2D eigenvalue weighted by atomic mass is 35.5. The Labute approximate surface area is 275 Å². The van der Waals surface area contributed by atoms with Gasteiger partial charge in [-0.1, -0.05) is 67.6 Å². The molecule has 0 spiro atoms. The van der Waals surface area contributed by atoms with E-state index in [2.05, 4.69) is 5.32 Å². The van der Waals surface area contributed by atoms with Crippen molar-refractivity contribution >= 4 is 50.7 Å². The van der Waals surface area contributed by atoms with Gasteiger partial charge in [-0.2, -0.15) is 0 Å². The van der Waals surface area contributed by atoms with Gasteiger partial charge in [-0.25, -0.2) is 8.42 Å². The van der Waals surface area contributed by atoms with Crippen LogP contribution in [0.3, 0.4) is 0 Å². The van der Waals surface area contributed by atoms with E-state index in [1.165, 1.54) is 43.4 Å². The van der Waals surface area contributed by atoms with Crippen molar-refractivity contribution < 1.29 is 27.5 Å². The van der Waals surface area contributed by atoms with E-state index in [4.69, 9.17) is 32.7 Å². The maximum Gasteiger partial charge on any atom is 0.264 e. The van der Waals surface area contributed by atoms with E-state index in [1.54, 1.807) is 42.5 Å². The van der Waals surface area contributed by atoms with Gasteiger partial charge < -0.3 is 19.7 Å². The highest BCUT2D eigenvalue weighted by molar-refractivity contribution is 7.92. The predicted octanol–water partition coefficient (Wildman–Crippen LogP) is 6.46. The number of carbonyl (C=O) groups excluding carboxylic acids is 2. The molecule has 0 aliphatic heterocycles. The normalized spacial score (nSPS) is 14.3. The van der Waals surface area contributed by atoms with Crippen LogP contribution in [0.1, 0.15) is 51.0 Å². The predicted molar refractivity (Wildman–Crippen MR) is 177 cm³/mol. The van der Waals surface area contributed by atoms with Gasteiger partial charge in [0.15, 0.2) is 0 Å². The monoisotopic (exact) mass is 675 g/mol. The Balaban J connectivity index is 1.75. The summed E-state index contributed by atoms with van der Waals surface area (Å²) in [6, 6.07) is 16.5. The second kappa shape index (κ2) is 15.7. The zero-order valence-electron chi connectivity index (χ0n) is 25.7. The lowest BCUT2D eigenvalue weighted by molar-refractivity contribution is -0.140. The third-order valence-electron chi connectivity index (χ3n) is 7.97. The van der Waals surface area contributed by atoms with Gasteiger partial charge in [-0.05, 0) is 73.4 Å². The summed E-state index contributed by atoms with van der Waals surface area (Å²) in [6.07, 6.45) is 5.24. The van der Waals surface area contributed by atoms with Crippen molar-refractivity contribution in [3.63, 3.8) is 0 Å². The molecule has 45 heavy (non-hydrogen) atoms. The molecular weight excluding hydrogens is 637 g/mol. The van der Waals surface area contributed by atoms with Gasteiger partial charge in [0.1, 0.15) is 24.1 Å². The Morgan fingerprint density at radius 3 is 2.27 bits per heavy atom. The van der Waals surface area contributed by atoms with E-state index >= 15 is 0 Å². The molecule has 0 heterocycles. The fourth-order valence-electron chi connectivity index (χ4n) is 5.52. The van der Waals surface area contributed by atoms with Crippen LogP contribution < -0.4 is 19.1 Å². The van der Waals surface area contributed by atoms with E-state index in [0.717, 1.165) is 36.4 Å². The van der Waals surface area contributed by atoms with Crippen LogP contribution in [0.2, 0.25) is 10.0 Å². The van der Waals surface area contributed by atoms with Crippen LogP contribution in [0, 0.1) is 0 Å². The molecule has 0 bridgehead atoms. The molecule has 2 amide bonds. The third-order valence-corrected chi connectivity index (χ3v) is 10.3. The first kappa shape index (κ1) is 34.4. The minimum atomic E-state index is -4.30. The molecule has 1 aliphatic carbocycles. The summed E-state index contributed by atoms with van der Waals surface area (Å²) in [6.45, 7) is 1.18. The highest BCUT2D eigenvalue weighted by Crippen LogP contribution is 2.33. The zero-order chi connectivity index (χ0) is 32.6. The first-order valence-corrected chi connectivity index (χ1v) is 17.1. The number of hydrogen-bond acceptors (Lipinski definition) is 6. The minimum absolute atomic E-state index is 0.0249. The highest BCUT2D eigenvalue weighted by Gasteiger charge is 2.35. The summed E-state index contributed by atoms with van der Waals surface area (Å²) in [4.78, 5) is 29.5. The Kier molecular flexibility index (Phi) is 12.0. The Hall–Kier alpha value is -3.47. The number of methoxy groups -OCH3 is 2.